The van der Waals surface area contributed by atoms with Gasteiger partial charge in [0.15, 0.2) is 0 Å². The zero-order valence-corrected chi connectivity index (χ0v) is 15.1. The lowest BCUT2D eigenvalue weighted by atomic mass is 9.80. The molecule has 25 heavy (non-hydrogen) atoms. The molecule has 0 bridgehead atoms. The zero-order valence-electron chi connectivity index (χ0n) is 15.1. The van der Waals surface area contributed by atoms with Crippen molar-refractivity contribution in [3.8, 4) is 0 Å². The number of aryl methyl sites for hydroxylation is 1. The lowest BCUT2D eigenvalue weighted by Gasteiger charge is -2.36. The summed E-state index contributed by atoms with van der Waals surface area (Å²) in [5.41, 5.74) is 3.01. The highest BCUT2D eigenvalue weighted by Gasteiger charge is 2.46. The highest BCUT2D eigenvalue weighted by Crippen LogP contribution is 2.40. The predicted molar refractivity (Wildman–Crippen MR) is 92.6 cm³/mol. The molecule has 0 saturated carbocycles. The summed E-state index contributed by atoms with van der Waals surface area (Å²) >= 11 is 0. The Bertz CT molecular complexity index is 675. The molecule has 4 rings (SSSR count). The highest BCUT2D eigenvalue weighted by molar-refractivity contribution is 5.76. The molecule has 3 aliphatic heterocycles. The minimum absolute atomic E-state index is 0.187. The van der Waals surface area contributed by atoms with Gasteiger partial charge in [0.25, 0.3) is 0 Å². The molecule has 0 unspecified atom stereocenters. The number of aromatic nitrogens is 2. The van der Waals surface area contributed by atoms with Crippen LogP contribution in [0.15, 0.2) is 0 Å². The van der Waals surface area contributed by atoms with Crippen LogP contribution in [0.5, 0.6) is 0 Å². The van der Waals surface area contributed by atoms with E-state index in [-0.39, 0.29) is 11.3 Å². The van der Waals surface area contributed by atoms with Crippen LogP contribution >= 0.6 is 0 Å². The summed E-state index contributed by atoms with van der Waals surface area (Å²) in [7, 11) is 0. The first kappa shape index (κ1) is 16.7. The molecular formula is C18H26N4O3. The molecule has 0 aromatic carbocycles. The molecular weight excluding hydrogens is 320 g/mol. The van der Waals surface area contributed by atoms with Gasteiger partial charge in [0.05, 0.1) is 37.5 Å². The van der Waals surface area contributed by atoms with Crippen LogP contribution in [0.4, 0.5) is 5.95 Å². The first-order valence-corrected chi connectivity index (χ1v) is 9.19. The van der Waals surface area contributed by atoms with Gasteiger partial charge in [0, 0.05) is 43.9 Å². The second-order valence-electron chi connectivity index (χ2n) is 7.23. The number of ether oxygens (including phenoxy) is 2. The maximum atomic E-state index is 12.2. The molecule has 1 aromatic heterocycles. The van der Waals surface area contributed by atoms with Crippen LogP contribution in [0, 0.1) is 6.92 Å². The number of rotatable bonds is 2. The van der Waals surface area contributed by atoms with E-state index in [0.29, 0.717) is 39.4 Å². The van der Waals surface area contributed by atoms with Gasteiger partial charge in [0.2, 0.25) is 11.9 Å². The lowest BCUT2D eigenvalue weighted by molar-refractivity contribution is -0.130. The van der Waals surface area contributed by atoms with Gasteiger partial charge in [-0.15, -0.1) is 0 Å². The van der Waals surface area contributed by atoms with E-state index in [1.165, 1.54) is 0 Å². The SMILES string of the molecule is CCC(=O)N1CC[C@]2(COCc3c(C)nc(N4CCOCC4)nc32)C1. The van der Waals surface area contributed by atoms with Gasteiger partial charge >= 0.3 is 0 Å². The number of carbonyl (C=O) groups excluding carboxylic acids is 1. The second-order valence-corrected chi connectivity index (χ2v) is 7.23. The first-order chi connectivity index (χ1) is 12.1. The van der Waals surface area contributed by atoms with Crippen LogP contribution in [0.1, 0.15) is 36.7 Å². The molecule has 1 atom stereocenters. The molecule has 136 valence electrons. The smallest absolute Gasteiger partial charge is 0.225 e. The van der Waals surface area contributed by atoms with Crippen LogP contribution in [0.3, 0.4) is 0 Å². The van der Waals surface area contributed by atoms with Crippen molar-refractivity contribution in [3.63, 3.8) is 0 Å². The Balaban J connectivity index is 1.70. The molecule has 0 aliphatic carbocycles. The number of hydrogen-bond donors (Lipinski definition) is 0. The Morgan fingerprint density at radius 2 is 2.00 bits per heavy atom. The van der Waals surface area contributed by atoms with Crippen molar-refractivity contribution < 1.29 is 14.3 Å². The van der Waals surface area contributed by atoms with Gasteiger partial charge in [0.1, 0.15) is 0 Å². The van der Waals surface area contributed by atoms with E-state index in [2.05, 4.69) is 4.90 Å². The number of likely N-dealkylation sites (tertiary alicyclic amines) is 1. The van der Waals surface area contributed by atoms with Gasteiger partial charge in [-0.05, 0) is 13.3 Å². The monoisotopic (exact) mass is 346 g/mol. The van der Waals surface area contributed by atoms with E-state index in [9.17, 15) is 4.79 Å². The first-order valence-electron chi connectivity index (χ1n) is 9.19. The number of hydrogen-bond acceptors (Lipinski definition) is 6. The third-order valence-electron chi connectivity index (χ3n) is 5.63. The predicted octanol–water partition coefficient (Wildman–Crippen LogP) is 1.03. The molecule has 4 heterocycles. The Morgan fingerprint density at radius 3 is 2.76 bits per heavy atom. The number of anilines is 1. The lowest BCUT2D eigenvalue weighted by Crippen LogP contribution is -2.43. The summed E-state index contributed by atoms with van der Waals surface area (Å²) in [5, 5.41) is 0. The largest absolute Gasteiger partial charge is 0.378 e. The van der Waals surface area contributed by atoms with Gasteiger partial charge in [-0.2, -0.15) is 0 Å². The summed E-state index contributed by atoms with van der Waals surface area (Å²) < 4.78 is 11.4. The molecule has 1 spiro atoms. The maximum Gasteiger partial charge on any atom is 0.225 e. The average molecular weight is 346 g/mol. The normalized spacial score (nSPS) is 26.2. The zero-order chi connectivity index (χ0) is 17.4. The van der Waals surface area contributed by atoms with Crippen molar-refractivity contribution in [1.82, 2.24) is 14.9 Å². The third-order valence-corrected chi connectivity index (χ3v) is 5.63. The summed E-state index contributed by atoms with van der Waals surface area (Å²) in [6.07, 6.45) is 1.45. The number of carbonyl (C=O) groups is 1. The standard InChI is InChI=1S/C18H26N4O3/c1-3-15(23)22-5-4-18(11-22)12-25-10-14-13(2)19-17(20-16(14)18)21-6-8-24-9-7-21/h3-12H2,1-2H3/t18-/m1/s1. The van der Waals surface area contributed by atoms with Crippen LogP contribution < -0.4 is 4.90 Å². The molecule has 2 saturated heterocycles. The van der Waals surface area contributed by atoms with E-state index in [0.717, 1.165) is 49.0 Å². The molecule has 0 N–H and O–H groups in total. The fourth-order valence-corrected chi connectivity index (χ4v) is 4.13. The van der Waals surface area contributed by atoms with Gasteiger partial charge in [-0.1, -0.05) is 6.92 Å². The number of fused-ring (bicyclic) bond motifs is 2. The quantitative estimate of drug-likeness (QED) is 0.797. The van der Waals surface area contributed by atoms with E-state index >= 15 is 0 Å². The van der Waals surface area contributed by atoms with Crippen molar-refractivity contribution >= 4 is 11.9 Å². The van der Waals surface area contributed by atoms with Crippen LogP contribution in [0.2, 0.25) is 0 Å². The van der Waals surface area contributed by atoms with E-state index in [4.69, 9.17) is 19.4 Å². The fourth-order valence-electron chi connectivity index (χ4n) is 4.13. The second kappa shape index (κ2) is 6.53. The van der Waals surface area contributed by atoms with Crippen molar-refractivity contribution in [2.45, 2.75) is 38.7 Å². The average Bonchev–Trinajstić information content (AvgIpc) is 3.07. The van der Waals surface area contributed by atoms with Gasteiger partial charge in [-0.25, -0.2) is 9.97 Å². The molecule has 7 nitrogen and oxygen atoms in total. The number of amides is 1. The third kappa shape index (κ3) is 2.89. The van der Waals surface area contributed by atoms with Crippen molar-refractivity contribution in [2.24, 2.45) is 0 Å². The Hall–Kier alpha value is -1.73. The summed E-state index contributed by atoms with van der Waals surface area (Å²) in [6, 6.07) is 0. The Labute approximate surface area is 148 Å². The minimum Gasteiger partial charge on any atom is -0.378 e. The van der Waals surface area contributed by atoms with Crippen LogP contribution in [-0.4, -0.2) is 66.8 Å². The summed E-state index contributed by atoms with van der Waals surface area (Å²) in [6.45, 7) is 9.71. The highest BCUT2D eigenvalue weighted by atomic mass is 16.5. The Kier molecular flexibility index (Phi) is 4.37. The molecule has 1 amide bonds. The topological polar surface area (TPSA) is 67.8 Å². The molecule has 2 fully saturated rings. The van der Waals surface area contributed by atoms with Crippen LogP contribution in [0.25, 0.3) is 0 Å². The van der Waals surface area contributed by atoms with Gasteiger partial charge < -0.3 is 19.3 Å². The number of morpholine rings is 1. The van der Waals surface area contributed by atoms with E-state index in [1.54, 1.807) is 0 Å². The molecule has 7 heteroatoms. The van der Waals surface area contributed by atoms with E-state index in [1.807, 2.05) is 18.7 Å². The van der Waals surface area contributed by atoms with Crippen molar-refractivity contribution in [1.29, 1.82) is 0 Å². The van der Waals surface area contributed by atoms with Crippen molar-refractivity contribution in [2.75, 3.05) is 50.9 Å². The summed E-state index contributed by atoms with van der Waals surface area (Å²) in [4.78, 5) is 26.1. The fraction of sp³-hybridized carbons (Fsp3) is 0.722. The van der Waals surface area contributed by atoms with Crippen molar-refractivity contribution in [3.05, 3.63) is 17.0 Å². The summed E-state index contributed by atoms with van der Waals surface area (Å²) in [5.74, 6) is 1.00. The molecule has 1 aromatic rings. The van der Waals surface area contributed by atoms with Crippen LogP contribution in [-0.2, 0) is 26.3 Å². The number of nitrogens with zero attached hydrogens (tertiary/aromatic N) is 4. The maximum absolute atomic E-state index is 12.2. The van der Waals surface area contributed by atoms with Gasteiger partial charge in [-0.3, -0.25) is 4.79 Å². The molecule has 3 aliphatic rings. The molecule has 0 radical (unpaired) electrons. The van der Waals surface area contributed by atoms with E-state index < -0.39 is 0 Å². The Morgan fingerprint density at radius 1 is 1.20 bits per heavy atom. The minimum atomic E-state index is -0.187.